The van der Waals surface area contributed by atoms with Crippen molar-refractivity contribution in [2.45, 2.75) is 32.1 Å². The number of carbonyl (C=O) groups is 2. The van der Waals surface area contributed by atoms with Crippen LogP contribution in [-0.2, 0) is 9.59 Å². The fourth-order valence-electron chi connectivity index (χ4n) is 3.34. The van der Waals surface area contributed by atoms with Crippen molar-refractivity contribution in [3.05, 3.63) is 30.2 Å². The van der Waals surface area contributed by atoms with Crippen molar-refractivity contribution in [1.82, 2.24) is 20.1 Å². The fourth-order valence-corrected chi connectivity index (χ4v) is 3.34. The molecule has 1 aliphatic rings. The number of piperidine rings is 1. The number of fused-ring (bicyclic) bond motifs is 1. The Morgan fingerprint density at radius 1 is 1.30 bits per heavy atom. The summed E-state index contributed by atoms with van der Waals surface area (Å²) in [6, 6.07) is 7.81. The van der Waals surface area contributed by atoms with E-state index in [0.717, 1.165) is 49.3 Å². The van der Waals surface area contributed by atoms with Crippen LogP contribution < -0.4 is 5.32 Å². The van der Waals surface area contributed by atoms with E-state index in [1.165, 1.54) is 4.90 Å². The van der Waals surface area contributed by atoms with Gasteiger partial charge in [0.2, 0.25) is 11.8 Å². The Bertz CT molecular complexity index is 747. The molecule has 146 valence electrons. The molecule has 0 unspecified atom stereocenters. The maximum Gasteiger partial charge on any atom is 0.239 e. The number of hydrogen-bond donors (Lipinski definition) is 1. The van der Waals surface area contributed by atoms with Gasteiger partial charge in [-0.15, -0.1) is 0 Å². The van der Waals surface area contributed by atoms with E-state index in [1.807, 2.05) is 31.2 Å². The van der Waals surface area contributed by atoms with Crippen molar-refractivity contribution in [2.75, 3.05) is 39.8 Å². The molecule has 2 heterocycles. The first kappa shape index (κ1) is 19.4. The zero-order valence-corrected chi connectivity index (χ0v) is 16.1. The second-order valence-electron chi connectivity index (χ2n) is 7.17. The molecule has 0 bridgehead atoms. The monoisotopic (exact) mass is 372 g/mol. The Balaban J connectivity index is 1.46. The number of nitrogens with one attached hydrogen (secondary N) is 1. The summed E-state index contributed by atoms with van der Waals surface area (Å²) < 4.78 is 5.89. The Labute approximate surface area is 159 Å². The van der Waals surface area contributed by atoms with Gasteiger partial charge in [-0.05, 0) is 44.5 Å². The second kappa shape index (κ2) is 8.99. The summed E-state index contributed by atoms with van der Waals surface area (Å²) in [6.07, 6.45) is 2.72. The quantitative estimate of drug-likeness (QED) is 0.804. The Kier molecular flexibility index (Phi) is 6.45. The minimum absolute atomic E-state index is 0.0260. The van der Waals surface area contributed by atoms with Gasteiger partial charge in [0.15, 0.2) is 11.5 Å². The van der Waals surface area contributed by atoms with E-state index in [1.54, 1.807) is 7.05 Å². The van der Waals surface area contributed by atoms with Gasteiger partial charge in [-0.3, -0.25) is 14.5 Å². The molecule has 7 heteroatoms. The van der Waals surface area contributed by atoms with Gasteiger partial charge in [0.25, 0.3) is 0 Å². The van der Waals surface area contributed by atoms with Crippen LogP contribution in [0.1, 0.15) is 38.0 Å². The minimum atomic E-state index is -0.109. The molecular formula is C20H28N4O3. The topological polar surface area (TPSA) is 78.7 Å². The van der Waals surface area contributed by atoms with Crippen LogP contribution in [0.2, 0.25) is 0 Å². The predicted octanol–water partition coefficient (Wildman–Crippen LogP) is 1.99. The highest BCUT2D eigenvalue weighted by Crippen LogP contribution is 2.29. The molecular weight excluding hydrogens is 344 g/mol. The number of oxazole rings is 1. The molecule has 0 saturated carbocycles. The number of hydrogen-bond acceptors (Lipinski definition) is 5. The number of carbonyl (C=O) groups excluding carboxylic acids is 2. The number of nitrogens with zero attached hydrogens (tertiary/aromatic N) is 3. The summed E-state index contributed by atoms with van der Waals surface area (Å²) >= 11 is 0. The first-order valence-electron chi connectivity index (χ1n) is 9.65. The number of rotatable bonds is 7. The third-order valence-corrected chi connectivity index (χ3v) is 4.98. The molecule has 3 rings (SSSR count). The summed E-state index contributed by atoms with van der Waals surface area (Å²) in [7, 11) is 1.68. The average Bonchev–Trinajstić information content (AvgIpc) is 3.11. The van der Waals surface area contributed by atoms with Gasteiger partial charge < -0.3 is 14.6 Å². The van der Waals surface area contributed by atoms with E-state index < -0.39 is 0 Å². The van der Waals surface area contributed by atoms with E-state index in [2.05, 4.69) is 15.2 Å². The third kappa shape index (κ3) is 5.07. The molecule has 0 radical (unpaired) electrons. The molecule has 0 spiro atoms. The summed E-state index contributed by atoms with van der Waals surface area (Å²) in [5.41, 5.74) is 1.72. The van der Waals surface area contributed by atoms with E-state index in [0.29, 0.717) is 19.0 Å². The van der Waals surface area contributed by atoms with Crippen molar-refractivity contribution < 1.29 is 14.0 Å². The molecule has 1 fully saturated rings. The molecule has 27 heavy (non-hydrogen) atoms. The standard InChI is InChI=1S/C20H28N4O3/c1-3-10-21-18(25)13-23(2)19(26)14-24-11-8-15(9-12-24)20-22-16-6-4-5-7-17(16)27-20/h4-7,15H,3,8-14H2,1-2H3,(H,21,25). The van der Waals surface area contributed by atoms with Crippen LogP contribution >= 0.6 is 0 Å². The predicted molar refractivity (Wildman–Crippen MR) is 103 cm³/mol. The summed E-state index contributed by atoms with van der Waals surface area (Å²) in [6.45, 7) is 4.75. The van der Waals surface area contributed by atoms with Gasteiger partial charge in [-0.1, -0.05) is 19.1 Å². The molecule has 0 aliphatic carbocycles. The van der Waals surface area contributed by atoms with Gasteiger partial charge in [0.1, 0.15) is 5.52 Å². The lowest BCUT2D eigenvalue weighted by atomic mass is 9.97. The minimum Gasteiger partial charge on any atom is -0.440 e. The molecule has 1 aromatic carbocycles. The van der Waals surface area contributed by atoms with Crippen LogP contribution in [0.5, 0.6) is 0 Å². The maximum absolute atomic E-state index is 12.4. The van der Waals surface area contributed by atoms with Crippen molar-refractivity contribution >= 4 is 22.9 Å². The number of likely N-dealkylation sites (N-methyl/N-ethyl adjacent to an activating group) is 1. The second-order valence-corrected chi connectivity index (χ2v) is 7.17. The van der Waals surface area contributed by atoms with Crippen LogP contribution in [0, 0.1) is 0 Å². The van der Waals surface area contributed by atoms with Crippen molar-refractivity contribution in [3.8, 4) is 0 Å². The fraction of sp³-hybridized carbons (Fsp3) is 0.550. The lowest BCUT2D eigenvalue weighted by Crippen LogP contribution is -2.45. The number of aromatic nitrogens is 1. The van der Waals surface area contributed by atoms with Gasteiger partial charge in [-0.2, -0.15) is 0 Å². The maximum atomic E-state index is 12.4. The van der Waals surface area contributed by atoms with Gasteiger partial charge in [0.05, 0.1) is 13.1 Å². The van der Waals surface area contributed by atoms with Crippen molar-refractivity contribution in [2.24, 2.45) is 0 Å². The summed E-state index contributed by atoms with van der Waals surface area (Å²) in [5.74, 6) is 0.956. The summed E-state index contributed by atoms with van der Waals surface area (Å²) in [5, 5.41) is 2.79. The Morgan fingerprint density at radius 3 is 2.74 bits per heavy atom. The molecule has 2 aromatic rings. The van der Waals surface area contributed by atoms with E-state index in [-0.39, 0.29) is 18.4 Å². The molecule has 7 nitrogen and oxygen atoms in total. The highest BCUT2D eigenvalue weighted by molar-refractivity contribution is 5.85. The van der Waals surface area contributed by atoms with Crippen LogP contribution in [0.15, 0.2) is 28.7 Å². The smallest absolute Gasteiger partial charge is 0.239 e. The van der Waals surface area contributed by atoms with Crippen molar-refractivity contribution in [3.63, 3.8) is 0 Å². The Morgan fingerprint density at radius 2 is 2.04 bits per heavy atom. The zero-order chi connectivity index (χ0) is 19.2. The average molecular weight is 372 g/mol. The Hall–Kier alpha value is -2.41. The number of amides is 2. The molecule has 1 N–H and O–H groups in total. The zero-order valence-electron chi connectivity index (χ0n) is 16.1. The van der Waals surface area contributed by atoms with Crippen LogP contribution in [0.4, 0.5) is 0 Å². The van der Waals surface area contributed by atoms with Crippen LogP contribution in [0.25, 0.3) is 11.1 Å². The molecule has 0 atom stereocenters. The summed E-state index contributed by atoms with van der Waals surface area (Å²) in [4.78, 5) is 32.4. The van der Waals surface area contributed by atoms with E-state index in [4.69, 9.17) is 4.42 Å². The van der Waals surface area contributed by atoms with Gasteiger partial charge >= 0.3 is 0 Å². The lowest BCUT2D eigenvalue weighted by molar-refractivity contribution is -0.135. The van der Waals surface area contributed by atoms with Crippen molar-refractivity contribution in [1.29, 1.82) is 0 Å². The number of para-hydroxylation sites is 2. The van der Waals surface area contributed by atoms with E-state index in [9.17, 15) is 9.59 Å². The number of likely N-dealkylation sites (tertiary alicyclic amines) is 1. The highest BCUT2D eigenvalue weighted by Gasteiger charge is 2.26. The third-order valence-electron chi connectivity index (χ3n) is 4.98. The first-order valence-corrected chi connectivity index (χ1v) is 9.65. The SMILES string of the molecule is CCCNC(=O)CN(C)C(=O)CN1CCC(c2nc3ccccc3o2)CC1. The van der Waals surface area contributed by atoms with Crippen LogP contribution in [0.3, 0.4) is 0 Å². The normalized spacial score (nSPS) is 15.8. The highest BCUT2D eigenvalue weighted by atomic mass is 16.3. The molecule has 2 amide bonds. The lowest BCUT2D eigenvalue weighted by Gasteiger charge is -2.31. The largest absolute Gasteiger partial charge is 0.440 e. The van der Waals surface area contributed by atoms with Crippen LogP contribution in [-0.4, -0.2) is 66.4 Å². The first-order chi connectivity index (χ1) is 13.1. The molecule has 1 aromatic heterocycles. The molecule has 1 saturated heterocycles. The van der Waals surface area contributed by atoms with Gasteiger partial charge in [0, 0.05) is 19.5 Å². The molecule has 1 aliphatic heterocycles. The van der Waals surface area contributed by atoms with Gasteiger partial charge in [-0.25, -0.2) is 4.98 Å². The van der Waals surface area contributed by atoms with E-state index >= 15 is 0 Å². The number of benzene rings is 1.